The third-order valence-corrected chi connectivity index (χ3v) is 4.62. The molecule has 2 aliphatic heterocycles. The minimum Gasteiger partial charge on any atom is -0.375 e. The normalized spacial score (nSPS) is 36.5. The van der Waals surface area contributed by atoms with Crippen LogP contribution < -0.4 is 5.32 Å². The van der Waals surface area contributed by atoms with E-state index in [2.05, 4.69) is 24.4 Å². The second-order valence-electron chi connectivity index (χ2n) is 5.83. The average molecular weight is 275 g/mol. The van der Waals surface area contributed by atoms with E-state index in [1.165, 1.54) is 5.56 Å². The third kappa shape index (κ3) is 2.13. The lowest BCUT2D eigenvalue weighted by Gasteiger charge is -2.39. The third-order valence-electron chi connectivity index (χ3n) is 4.62. The summed E-state index contributed by atoms with van der Waals surface area (Å²) >= 11 is 0. The molecule has 2 fully saturated rings. The van der Waals surface area contributed by atoms with Gasteiger partial charge in [0.2, 0.25) is 0 Å². The number of hydrogen-bond acceptors (Lipinski definition) is 3. The number of carbonyl (C=O) groups excluding carboxylic acids is 1. The van der Waals surface area contributed by atoms with Crippen LogP contribution in [0, 0.1) is 5.92 Å². The molecule has 3 rings (SSSR count). The smallest absolute Gasteiger partial charge is 0.255 e. The number of rotatable bonds is 3. The van der Waals surface area contributed by atoms with Gasteiger partial charge < -0.3 is 14.8 Å². The molecule has 108 valence electrons. The molecule has 1 amide bonds. The largest absolute Gasteiger partial charge is 0.375 e. The summed E-state index contributed by atoms with van der Waals surface area (Å²) in [6.07, 6.45) is 1.87. The monoisotopic (exact) mass is 275 g/mol. The van der Waals surface area contributed by atoms with Crippen molar-refractivity contribution in [2.75, 3.05) is 13.7 Å². The molecule has 0 saturated carbocycles. The van der Waals surface area contributed by atoms with Crippen LogP contribution in [0.2, 0.25) is 0 Å². The number of benzene rings is 1. The Morgan fingerprint density at radius 3 is 2.85 bits per heavy atom. The first-order valence-corrected chi connectivity index (χ1v) is 7.17. The van der Waals surface area contributed by atoms with E-state index in [0.29, 0.717) is 6.61 Å². The van der Waals surface area contributed by atoms with Crippen molar-refractivity contribution in [1.29, 1.82) is 0 Å². The number of hydrogen-bond donors (Lipinski definition) is 1. The van der Waals surface area contributed by atoms with Gasteiger partial charge in [0.05, 0.1) is 12.7 Å². The van der Waals surface area contributed by atoms with E-state index in [9.17, 15) is 4.79 Å². The van der Waals surface area contributed by atoms with Gasteiger partial charge in [0.1, 0.15) is 0 Å². The molecular weight excluding hydrogens is 254 g/mol. The zero-order chi connectivity index (χ0) is 14.2. The average Bonchev–Trinajstić information content (AvgIpc) is 2.73. The van der Waals surface area contributed by atoms with Crippen LogP contribution in [0.5, 0.6) is 0 Å². The van der Waals surface area contributed by atoms with Gasteiger partial charge in [0, 0.05) is 19.1 Å². The van der Waals surface area contributed by atoms with Gasteiger partial charge in [-0.3, -0.25) is 4.79 Å². The number of amides is 1. The Labute approximate surface area is 119 Å². The van der Waals surface area contributed by atoms with Crippen LogP contribution in [0.3, 0.4) is 0 Å². The highest BCUT2D eigenvalue weighted by atomic mass is 16.5. The van der Waals surface area contributed by atoms with Gasteiger partial charge in [-0.05, 0) is 25.3 Å². The van der Waals surface area contributed by atoms with E-state index in [0.717, 1.165) is 12.8 Å². The Bertz CT molecular complexity index is 490. The SMILES string of the molecule is COC12COC(C)CC1C(Cc1ccccc1)NC2=O. The maximum Gasteiger partial charge on any atom is 0.255 e. The summed E-state index contributed by atoms with van der Waals surface area (Å²) in [4.78, 5) is 12.4. The maximum absolute atomic E-state index is 12.4. The topological polar surface area (TPSA) is 47.6 Å². The first-order chi connectivity index (χ1) is 9.65. The Morgan fingerprint density at radius 2 is 2.15 bits per heavy atom. The van der Waals surface area contributed by atoms with Crippen LogP contribution in [0.15, 0.2) is 30.3 Å². The Hall–Kier alpha value is -1.39. The van der Waals surface area contributed by atoms with E-state index in [4.69, 9.17) is 9.47 Å². The van der Waals surface area contributed by atoms with E-state index in [-0.39, 0.29) is 24.0 Å². The first kappa shape index (κ1) is 13.6. The summed E-state index contributed by atoms with van der Waals surface area (Å²) in [6, 6.07) is 10.4. The second kappa shape index (κ2) is 5.19. The van der Waals surface area contributed by atoms with Gasteiger partial charge in [-0.25, -0.2) is 0 Å². The number of carbonyl (C=O) groups is 1. The molecule has 4 unspecified atom stereocenters. The highest BCUT2D eigenvalue weighted by molar-refractivity contribution is 5.89. The molecule has 0 aromatic heterocycles. The summed E-state index contributed by atoms with van der Waals surface area (Å²) < 4.78 is 11.3. The molecule has 2 saturated heterocycles. The van der Waals surface area contributed by atoms with Crippen molar-refractivity contribution in [3.05, 3.63) is 35.9 Å². The predicted molar refractivity (Wildman–Crippen MR) is 75.3 cm³/mol. The summed E-state index contributed by atoms with van der Waals surface area (Å²) in [5, 5.41) is 3.11. The maximum atomic E-state index is 12.4. The molecular formula is C16H21NO3. The molecule has 0 radical (unpaired) electrons. The molecule has 1 aromatic carbocycles. The van der Waals surface area contributed by atoms with E-state index in [1.807, 2.05) is 18.2 Å². The highest BCUT2D eigenvalue weighted by Crippen LogP contribution is 2.40. The van der Waals surface area contributed by atoms with Gasteiger partial charge in [-0.2, -0.15) is 0 Å². The van der Waals surface area contributed by atoms with Crippen LogP contribution >= 0.6 is 0 Å². The molecule has 4 nitrogen and oxygen atoms in total. The van der Waals surface area contributed by atoms with Gasteiger partial charge in [0.25, 0.3) is 5.91 Å². The quantitative estimate of drug-likeness (QED) is 0.910. The second-order valence-corrected chi connectivity index (χ2v) is 5.83. The molecule has 20 heavy (non-hydrogen) atoms. The highest BCUT2D eigenvalue weighted by Gasteiger charge is 2.58. The van der Waals surface area contributed by atoms with Gasteiger partial charge in [0.15, 0.2) is 5.60 Å². The van der Waals surface area contributed by atoms with Crippen LogP contribution in [-0.2, 0) is 20.7 Å². The van der Waals surface area contributed by atoms with Crippen LogP contribution in [0.25, 0.3) is 0 Å². The molecule has 2 heterocycles. The van der Waals surface area contributed by atoms with Crippen molar-refractivity contribution < 1.29 is 14.3 Å². The zero-order valence-electron chi connectivity index (χ0n) is 12.0. The fraction of sp³-hybridized carbons (Fsp3) is 0.562. The van der Waals surface area contributed by atoms with Gasteiger partial charge in [-0.1, -0.05) is 30.3 Å². The lowest BCUT2D eigenvalue weighted by Crippen LogP contribution is -2.53. The Kier molecular flexibility index (Phi) is 3.52. The fourth-order valence-electron chi connectivity index (χ4n) is 3.47. The summed E-state index contributed by atoms with van der Waals surface area (Å²) in [7, 11) is 1.61. The van der Waals surface area contributed by atoms with Crippen LogP contribution in [0.1, 0.15) is 18.9 Å². The molecule has 2 aliphatic rings. The van der Waals surface area contributed by atoms with E-state index < -0.39 is 5.60 Å². The Balaban J connectivity index is 1.84. The van der Waals surface area contributed by atoms with E-state index >= 15 is 0 Å². The zero-order valence-corrected chi connectivity index (χ0v) is 12.0. The van der Waals surface area contributed by atoms with Crippen LogP contribution in [-0.4, -0.2) is 37.4 Å². The number of methoxy groups -OCH3 is 1. The lowest BCUT2D eigenvalue weighted by molar-refractivity contribution is -0.172. The number of nitrogens with one attached hydrogen (secondary N) is 1. The minimum atomic E-state index is -0.800. The predicted octanol–water partition coefficient (Wildman–Crippen LogP) is 1.54. The number of fused-ring (bicyclic) bond motifs is 1. The fourth-order valence-corrected chi connectivity index (χ4v) is 3.47. The summed E-state index contributed by atoms with van der Waals surface area (Å²) in [5.74, 6) is 0.141. The molecule has 1 aromatic rings. The minimum absolute atomic E-state index is 0.0298. The van der Waals surface area contributed by atoms with Crippen molar-refractivity contribution in [1.82, 2.24) is 5.32 Å². The van der Waals surface area contributed by atoms with Gasteiger partial charge >= 0.3 is 0 Å². The molecule has 0 aliphatic carbocycles. The van der Waals surface area contributed by atoms with Crippen molar-refractivity contribution in [2.45, 2.75) is 37.5 Å². The molecule has 0 spiro atoms. The number of ether oxygens (including phenoxy) is 2. The Morgan fingerprint density at radius 1 is 1.40 bits per heavy atom. The van der Waals surface area contributed by atoms with Crippen molar-refractivity contribution in [3.63, 3.8) is 0 Å². The standard InChI is InChI=1S/C16H21NO3/c1-11-8-13-14(9-12-6-4-3-5-7-12)17-15(18)16(13,19-2)10-20-11/h3-7,11,13-14H,8-10H2,1-2H3,(H,17,18). The molecule has 4 heteroatoms. The summed E-state index contributed by atoms with van der Waals surface area (Å²) in [5.41, 5.74) is 0.440. The van der Waals surface area contributed by atoms with Crippen molar-refractivity contribution in [2.24, 2.45) is 5.92 Å². The van der Waals surface area contributed by atoms with E-state index in [1.54, 1.807) is 7.11 Å². The molecule has 0 bridgehead atoms. The first-order valence-electron chi connectivity index (χ1n) is 7.17. The van der Waals surface area contributed by atoms with Crippen LogP contribution in [0.4, 0.5) is 0 Å². The van der Waals surface area contributed by atoms with Gasteiger partial charge in [-0.15, -0.1) is 0 Å². The summed E-state index contributed by atoms with van der Waals surface area (Å²) in [6.45, 7) is 2.41. The molecule has 1 N–H and O–H groups in total. The van der Waals surface area contributed by atoms with Crippen molar-refractivity contribution >= 4 is 5.91 Å². The lowest BCUT2D eigenvalue weighted by atomic mass is 9.78. The molecule has 4 atom stereocenters. The van der Waals surface area contributed by atoms with Crippen molar-refractivity contribution in [3.8, 4) is 0 Å².